The van der Waals surface area contributed by atoms with Crippen molar-refractivity contribution < 1.29 is 19.4 Å². The van der Waals surface area contributed by atoms with E-state index < -0.39 is 6.09 Å². The molecule has 0 aliphatic carbocycles. The zero-order chi connectivity index (χ0) is 21.1. The highest BCUT2D eigenvalue weighted by Crippen LogP contribution is 2.39. The number of likely N-dealkylation sites (tertiary alicyclic amines) is 1. The summed E-state index contributed by atoms with van der Waals surface area (Å²) < 4.78 is 11.6. The Morgan fingerprint density at radius 3 is 2.27 bits per heavy atom. The standard InChI is InChI=1S/C25H25NO4/c1-17-15-26(25(27)28)16-22(17)20-10-13-23(29-2)24(14-20)30-21-11-8-19(9-12-21)18-6-4-3-5-7-18/h3-14,17,22H,15-16H2,1-2H3,(H,27,28)/t17-,22+/m1/s1. The van der Waals surface area contributed by atoms with Gasteiger partial charge in [0.1, 0.15) is 5.75 Å². The highest BCUT2D eigenvalue weighted by molar-refractivity contribution is 5.66. The summed E-state index contributed by atoms with van der Waals surface area (Å²) in [7, 11) is 1.62. The number of amides is 1. The van der Waals surface area contributed by atoms with E-state index in [0.717, 1.165) is 22.4 Å². The van der Waals surface area contributed by atoms with Gasteiger partial charge in [-0.1, -0.05) is 55.5 Å². The van der Waals surface area contributed by atoms with E-state index in [0.29, 0.717) is 24.6 Å². The molecular formula is C25H25NO4. The van der Waals surface area contributed by atoms with Crippen LogP contribution < -0.4 is 9.47 Å². The van der Waals surface area contributed by atoms with Gasteiger partial charge in [-0.3, -0.25) is 0 Å². The van der Waals surface area contributed by atoms with E-state index in [4.69, 9.17) is 9.47 Å². The zero-order valence-corrected chi connectivity index (χ0v) is 17.1. The van der Waals surface area contributed by atoms with Gasteiger partial charge in [-0.25, -0.2) is 4.79 Å². The molecule has 4 rings (SSSR count). The molecule has 3 aromatic rings. The third-order valence-electron chi connectivity index (χ3n) is 5.69. The molecule has 1 fully saturated rings. The Kier molecular flexibility index (Phi) is 5.61. The first-order valence-corrected chi connectivity index (χ1v) is 10.0. The van der Waals surface area contributed by atoms with Gasteiger partial charge in [-0.2, -0.15) is 0 Å². The third-order valence-corrected chi connectivity index (χ3v) is 5.69. The predicted octanol–water partition coefficient (Wildman–Crippen LogP) is 5.87. The van der Waals surface area contributed by atoms with E-state index in [1.165, 1.54) is 4.90 Å². The van der Waals surface area contributed by atoms with Gasteiger partial charge in [0.15, 0.2) is 11.5 Å². The molecule has 2 atom stereocenters. The van der Waals surface area contributed by atoms with Crippen LogP contribution in [-0.2, 0) is 0 Å². The fraction of sp³-hybridized carbons (Fsp3) is 0.240. The normalized spacial score (nSPS) is 18.3. The maximum atomic E-state index is 11.3. The summed E-state index contributed by atoms with van der Waals surface area (Å²) in [4.78, 5) is 12.8. The Morgan fingerprint density at radius 1 is 0.933 bits per heavy atom. The molecule has 30 heavy (non-hydrogen) atoms. The van der Waals surface area contributed by atoms with Crippen molar-refractivity contribution in [1.29, 1.82) is 0 Å². The number of nitrogens with zero attached hydrogens (tertiary/aromatic N) is 1. The van der Waals surface area contributed by atoms with E-state index in [2.05, 4.69) is 19.1 Å². The van der Waals surface area contributed by atoms with Crippen molar-refractivity contribution in [1.82, 2.24) is 4.90 Å². The molecule has 0 aromatic heterocycles. The number of carbonyl (C=O) groups is 1. The van der Waals surface area contributed by atoms with Crippen LogP contribution >= 0.6 is 0 Å². The SMILES string of the molecule is COc1ccc([C@H]2CN(C(=O)O)C[C@H]2C)cc1Oc1ccc(-c2ccccc2)cc1. The first-order valence-electron chi connectivity index (χ1n) is 10.0. The van der Waals surface area contributed by atoms with E-state index in [-0.39, 0.29) is 11.8 Å². The Bertz CT molecular complexity index is 1020. The van der Waals surface area contributed by atoms with Gasteiger partial charge in [0, 0.05) is 19.0 Å². The molecule has 3 aromatic carbocycles. The van der Waals surface area contributed by atoms with Crippen LogP contribution in [0.15, 0.2) is 72.8 Å². The number of rotatable bonds is 5. The topological polar surface area (TPSA) is 59.0 Å². The summed E-state index contributed by atoms with van der Waals surface area (Å²) in [6.45, 7) is 3.12. The minimum absolute atomic E-state index is 0.134. The second-order valence-electron chi connectivity index (χ2n) is 7.67. The molecule has 5 nitrogen and oxygen atoms in total. The van der Waals surface area contributed by atoms with E-state index in [1.54, 1.807) is 7.11 Å². The summed E-state index contributed by atoms with van der Waals surface area (Å²) in [5, 5.41) is 9.31. The van der Waals surface area contributed by atoms with Gasteiger partial charge in [-0.15, -0.1) is 0 Å². The minimum atomic E-state index is -0.868. The lowest BCUT2D eigenvalue weighted by atomic mass is 9.90. The number of carboxylic acid groups (broad SMARTS) is 1. The summed E-state index contributed by atoms with van der Waals surface area (Å²) in [6.07, 6.45) is -0.868. The van der Waals surface area contributed by atoms with Crippen LogP contribution in [0.1, 0.15) is 18.4 Å². The third kappa shape index (κ3) is 4.10. The average molecular weight is 403 g/mol. The smallest absolute Gasteiger partial charge is 0.407 e. The number of hydrogen-bond donors (Lipinski definition) is 1. The van der Waals surface area contributed by atoms with Crippen molar-refractivity contribution in [2.24, 2.45) is 5.92 Å². The second kappa shape index (κ2) is 8.49. The number of hydrogen-bond acceptors (Lipinski definition) is 3. The Morgan fingerprint density at radius 2 is 1.63 bits per heavy atom. The summed E-state index contributed by atoms with van der Waals surface area (Å²) >= 11 is 0. The molecule has 0 saturated carbocycles. The van der Waals surface area contributed by atoms with Crippen molar-refractivity contribution in [2.45, 2.75) is 12.8 Å². The predicted molar refractivity (Wildman–Crippen MR) is 116 cm³/mol. The molecule has 1 amide bonds. The van der Waals surface area contributed by atoms with Crippen LogP contribution in [0.2, 0.25) is 0 Å². The van der Waals surface area contributed by atoms with E-state index in [1.807, 2.05) is 60.7 Å². The Balaban J connectivity index is 1.56. The van der Waals surface area contributed by atoms with Crippen molar-refractivity contribution in [2.75, 3.05) is 20.2 Å². The lowest BCUT2D eigenvalue weighted by Gasteiger charge is -2.18. The Labute approximate surface area is 176 Å². The van der Waals surface area contributed by atoms with Crippen molar-refractivity contribution >= 4 is 6.09 Å². The first-order chi connectivity index (χ1) is 14.5. The van der Waals surface area contributed by atoms with E-state index in [9.17, 15) is 9.90 Å². The monoisotopic (exact) mass is 403 g/mol. The maximum absolute atomic E-state index is 11.3. The van der Waals surface area contributed by atoms with Gasteiger partial charge in [0.25, 0.3) is 0 Å². The zero-order valence-electron chi connectivity index (χ0n) is 17.1. The molecule has 0 unspecified atom stereocenters. The molecule has 154 valence electrons. The van der Waals surface area contributed by atoms with Gasteiger partial charge >= 0.3 is 6.09 Å². The largest absolute Gasteiger partial charge is 0.493 e. The molecule has 1 aliphatic rings. The van der Waals surface area contributed by atoms with Gasteiger partial charge < -0.3 is 19.5 Å². The number of benzene rings is 3. The molecule has 1 saturated heterocycles. The van der Waals surface area contributed by atoms with Gasteiger partial charge in [-0.05, 0) is 46.9 Å². The minimum Gasteiger partial charge on any atom is -0.493 e. The van der Waals surface area contributed by atoms with E-state index >= 15 is 0 Å². The average Bonchev–Trinajstić information content (AvgIpc) is 3.17. The Hall–Kier alpha value is -3.47. The summed E-state index contributed by atoms with van der Waals surface area (Å²) in [5.74, 6) is 2.37. The second-order valence-corrected chi connectivity index (χ2v) is 7.67. The summed E-state index contributed by atoms with van der Waals surface area (Å²) in [5.41, 5.74) is 3.34. The first kappa shape index (κ1) is 19.8. The van der Waals surface area contributed by atoms with Crippen molar-refractivity contribution in [3.05, 3.63) is 78.4 Å². The molecule has 1 heterocycles. The number of methoxy groups -OCH3 is 1. The molecule has 1 N–H and O–H groups in total. The van der Waals surface area contributed by atoms with Gasteiger partial charge in [0.2, 0.25) is 0 Å². The highest BCUT2D eigenvalue weighted by Gasteiger charge is 2.33. The van der Waals surface area contributed by atoms with Crippen LogP contribution in [0.25, 0.3) is 11.1 Å². The molecule has 0 radical (unpaired) electrons. The molecule has 5 heteroatoms. The fourth-order valence-electron chi connectivity index (χ4n) is 4.03. The number of ether oxygens (including phenoxy) is 2. The molecule has 1 aliphatic heterocycles. The molecule has 0 spiro atoms. The van der Waals surface area contributed by atoms with Crippen LogP contribution in [0.4, 0.5) is 4.79 Å². The van der Waals surface area contributed by atoms with Crippen LogP contribution in [-0.4, -0.2) is 36.3 Å². The van der Waals surface area contributed by atoms with Crippen molar-refractivity contribution in [3.8, 4) is 28.4 Å². The maximum Gasteiger partial charge on any atom is 0.407 e. The lowest BCUT2D eigenvalue weighted by Crippen LogP contribution is -2.26. The molecule has 0 bridgehead atoms. The van der Waals surface area contributed by atoms with Crippen LogP contribution in [0, 0.1) is 5.92 Å². The lowest BCUT2D eigenvalue weighted by molar-refractivity contribution is 0.154. The quantitative estimate of drug-likeness (QED) is 0.579. The van der Waals surface area contributed by atoms with Crippen LogP contribution in [0.3, 0.4) is 0 Å². The summed E-state index contributed by atoms with van der Waals surface area (Å²) in [6, 6.07) is 24.0. The van der Waals surface area contributed by atoms with Crippen molar-refractivity contribution in [3.63, 3.8) is 0 Å². The van der Waals surface area contributed by atoms with Gasteiger partial charge in [0.05, 0.1) is 7.11 Å². The highest BCUT2D eigenvalue weighted by atomic mass is 16.5. The molecular weight excluding hydrogens is 378 g/mol. The van der Waals surface area contributed by atoms with Crippen LogP contribution in [0.5, 0.6) is 17.2 Å². The fourth-order valence-corrected chi connectivity index (χ4v) is 4.03.